The molecule has 0 aliphatic carbocycles. The highest BCUT2D eigenvalue weighted by atomic mass is 79.9. The maximum absolute atomic E-state index is 12.3. The Bertz CT molecular complexity index is 682. The summed E-state index contributed by atoms with van der Waals surface area (Å²) in [6.07, 6.45) is 1.49. The van der Waals surface area contributed by atoms with Gasteiger partial charge in [-0.05, 0) is 55.6 Å². The van der Waals surface area contributed by atoms with Gasteiger partial charge in [0.15, 0.2) is 0 Å². The Morgan fingerprint density at radius 3 is 2.50 bits per heavy atom. The van der Waals surface area contributed by atoms with E-state index in [2.05, 4.69) is 31.9 Å². The van der Waals surface area contributed by atoms with Gasteiger partial charge in [-0.1, -0.05) is 24.0 Å². The third-order valence-electron chi connectivity index (χ3n) is 2.76. The molecule has 1 fully saturated rings. The highest BCUT2D eigenvalue weighted by Gasteiger charge is 2.32. The van der Waals surface area contributed by atoms with Crippen LogP contribution in [-0.2, 0) is 9.59 Å². The molecule has 22 heavy (non-hydrogen) atoms. The fourth-order valence-corrected chi connectivity index (χ4v) is 4.25. The molecule has 1 aliphatic heterocycles. The Balaban J connectivity index is 2.25. The third-order valence-corrected chi connectivity index (χ3v) is 5.35. The molecule has 116 valence electrons. The van der Waals surface area contributed by atoms with E-state index in [-0.39, 0.29) is 24.6 Å². The van der Waals surface area contributed by atoms with Crippen LogP contribution in [0.25, 0.3) is 6.08 Å². The SMILES string of the molecule is O=C(O)CCN1C(=O)/C(=C/c2cc(Br)c(O)c(Br)c2)SC1=S. The van der Waals surface area contributed by atoms with Crippen molar-refractivity contribution in [3.05, 3.63) is 31.5 Å². The second-order valence-electron chi connectivity index (χ2n) is 4.31. The lowest BCUT2D eigenvalue weighted by molar-refractivity contribution is -0.137. The Morgan fingerprint density at radius 2 is 1.95 bits per heavy atom. The van der Waals surface area contributed by atoms with Crippen LogP contribution in [0.3, 0.4) is 0 Å². The Labute approximate surface area is 152 Å². The maximum Gasteiger partial charge on any atom is 0.305 e. The van der Waals surface area contributed by atoms with Gasteiger partial charge >= 0.3 is 5.97 Å². The fourth-order valence-electron chi connectivity index (χ4n) is 1.72. The van der Waals surface area contributed by atoms with Crippen molar-refractivity contribution < 1.29 is 19.8 Å². The third kappa shape index (κ3) is 3.89. The number of halogens is 2. The average Bonchev–Trinajstić information content (AvgIpc) is 2.68. The summed E-state index contributed by atoms with van der Waals surface area (Å²) in [5.74, 6) is -1.22. The molecule has 2 N–H and O–H groups in total. The number of thioether (sulfide) groups is 1. The molecule has 1 amide bonds. The number of aromatic hydroxyl groups is 1. The summed E-state index contributed by atoms with van der Waals surface area (Å²) in [7, 11) is 0. The number of carboxylic acid groups (broad SMARTS) is 1. The number of nitrogens with zero attached hydrogens (tertiary/aromatic N) is 1. The summed E-state index contributed by atoms with van der Waals surface area (Å²) in [6.45, 7) is 0.0559. The molecular weight excluding hydrogens is 458 g/mol. The Hall–Kier alpha value is -0.900. The number of thiocarbonyl (C=S) groups is 1. The first-order valence-corrected chi connectivity index (χ1v) is 8.76. The van der Waals surface area contributed by atoms with Crippen LogP contribution in [0.1, 0.15) is 12.0 Å². The lowest BCUT2D eigenvalue weighted by Gasteiger charge is -2.12. The molecule has 1 heterocycles. The van der Waals surface area contributed by atoms with E-state index in [9.17, 15) is 14.7 Å². The van der Waals surface area contributed by atoms with Gasteiger partial charge in [0.25, 0.3) is 5.91 Å². The zero-order valence-corrected chi connectivity index (χ0v) is 15.7. The number of hydrogen-bond donors (Lipinski definition) is 2. The molecule has 1 saturated heterocycles. The van der Waals surface area contributed by atoms with Gasteiger partial charge in [0.2, 0.25) is 0 Å². The molecule has 0 saturated carbocycles. The van der Waals surface area contributed by atoms with Crippen molar-refractivity contribution in [1.82, 2.24) is 4.90 Å². The zero-order valence-electron chi connectivity index (χ0n) is 10.9. The molecule has 5 nitrogen and oxygen atoms in total. The summed E-state index contributed by atoms with van der Waals surface area (Å²) >= 11 is 12.7. The van der Waals surface area contributed by atoms with Crippen molar-refractivity contribution in [2.45, 2.75) is 6.42 Å². The first kappa shape index (κ1) is 17.5. The average molecular weight is 467 g/mol. The van der Waals surface area contributed by atoms with Gasteiger partial charge in [-0.3, -0.25) is 14.5 Å². The number of carbonyl (C=O) groups excluding carboxylic acids is 1. The minimum Gasteiger partial charge on any atom is -0.506 e. The molecule has 0 aromatic heterocycles. The van der Waals surface area contributed by atoms with Crippen LogP contribution in [0, 0.1) is 0 Å². The molecular formula is C13H9Br2NO4S2. The smallest absolute Gasteiger partial charge is 0.305 e. The van der Waals surface area contributed by atoms with E-state index in [4.69, 9.17) is 17.3 Å². The lowest BCUT2D eigenvalue weighted by atomic mass is 10.2. The monoisotopic (exact) mass is 465 g/mol. The van der Waals surface area contributed by atoms with Crippen molar-refractivity contribution in [2.75, 3.05) is 6.54 Å². The number of hydrogen-bond acceptors (Lipinski definition) is 5. The van der Waals surface area contributed by atoms with Crippen LogP contribution < -0.4 is 0 Å². The van der Waals surface area contributed by atoms with Crippen LogP contribution in [0.15, 0.2) is 26.0 Å². The molecule has 1 aromatic carbocycles. The molecule has 0 radical (unpaired) electrons. The van der Waals surface area contributed by atoms with Crippen LogP contribution in [0.4, 0.5) is 0 Å². The molecule has 2 rings (SSSR count). The van der Waals surface area contributed by atoms with Gasteiger partial charge < -0.3 is 10.2 Å². The van der Waals surface area contributed by atoms with Gasteiger partial charge in [-0.15, -0.1) is 0 Å². The summed E-state index contributed by atoms with van der Waals surface area (Å²) < 4.78 is 1.33. The Morgan fingerprint density at radius 1 is 1.36 bits per heavy atom. The fraction of sp³-hybridized carbons (Fsp3) is 0.154. The summed E-state index contributed by atoms with van der Waals surface area (Å²) in [5.41, 5.74) is 0.704. The topological polar surface area (TPSA) is 77.8 Å². The second-order valence-corrected chi connectivity index (χ2v) is 7.69. The van der Waals surface area contributed by atoms with E-state index < -0.39 is 5.97 Å². The molecule has 0 spiro atoms. The molecule has 0 bridgehead atoms. The highest BCUT2D eigenvalue weighted by Crippen LogP contribution is 2.36. The first-order chi connectivity index (χ1) is 10.3. The van der Waals surface area contributed by atoms with Crippen LogP contribution in [-0.4, -0.2) is 37.9 Å². The number of rotatable bonds is 4. The van der Waals surface area contributed by atoms with Crippen molar-refractivity contribution in [1.29, 1.82) is 0 Å². The van der Waals surface area contributed by atoms with E-state index in [1.54, 1.807) is 18.2 Å². The van der Waals surface area contributed by atoms with Crippen molar-refractivity contribution >= 4 is 78.1 Å². The molecule has 1 aliphatic rings. The number of phenols is 1. The van der Waals surface area contributed by atoms with Gasteiger partial charge in [-0.2, -0.15) is 0 Å². The van der Waals surface area contributed by atoms with Crippen molar-refractivity contribution in [3.8, 4) is 5.75 Å². The number of phenolic OH excluding ortho intramolecular Hbond substituents is 1. The highest BCUT2D eigenvalue weighted by molar-refractivity contribution is 9.11. The quantitative estimate of drug-likeness (QED) is 0.521. The first-order valence-electron chi connectivity index (χ1n) is 5.94. The van der Waals surface area contributed by atoms with Gasteiger partial charge in [-0.25, -0.2) is 0 Å². The summed E-state index contributed by atoms with van der Waals surface area (Å²) in [4.78, 5) is 24.6. The molecule has 0 unspecified atom stereocenters. The van der Waals surface area contributed by atoms with Crippen LogP contribution >= 0.6 is 55.8 Å². The minimum atomic E-state index is -0.982. The minimum absolute atomic E-state index is 0.0559. The number of benzene rings is 1. The standard InChI is InChI=1S/C13H9Br2NO4S2/c14-7-3-6(4-8(15)11(7)19)5-9-12(20)16(13(21)22-9)2-1-10(17)18/h3-5,19H,1-2H2,(H,17,18)/b9-5-. The number of carbonyl (C=O) groups is 2. The van der Waals surface area contributed by atoms with Gasteiger partial charge in [0, 0.05) is 6.54 Å². The van der Waals surface area contributed by atoms with Crippen molar-refractivity contribution in [2.24, 2.45) is 0 Å². The Kier molecular flexibility index (Phi) is 5.65. The molecule has 1 aromatic rings. The number of carboxylic acids is 1. The van der Waals surface area contributed by atoms with Crippen LogP contribution in [0.2, 0.25) is 0 Å². The second kappa shape index (κ2) is 7.12. The van der Waals surface area contributed by atoms with E-state index >= 15 is 0 Å². The van der Waals surface area contributed by atoms with E-state index in [0.29, 0.717) is 23.7 Å². The van der Waals surface area contributed by atoms with Gasteiger partial charge in [0.05, 0.1) is 20.3 Å². The zero-order chi connectivity index (χ0) is 16.4. The van der Waals surface area contributed by atoms with E-state index in [0.717, 1.165) is 11.8 Å². The van der Waals surface area contributed by atoms with E-state index in [1.807, 2.05) is 0 Å². The normalized spacial score (nSPS) is 16.6. The number of aliphatic carboxylic acids is 1. The number of amides is 1. The molecule has 9 heteroatoms. The summed E-state index contributed by atoms with van der Waals surface area (Å²) in [5, 5.41) is 18.4. The van der Waals surface area contributed by atoms with Crippen LogP contribution in [0.5, 0.6) is 5.75 Å². The predicted octanol–water partition coefficient (Wildman–Crippen LogP) is 3.59. The largest absolute Gasteiger partial charge is 0.506 e. The van der Waals surface area contributed by atoms with Crippen molar-refractivity contribution in [3.63, 3.8) is 0 Å². The maximum atomic E-state index is 12.3. The lowest BCUT2D eigenvalue weighted by Crippen LogP contribution is -2.30. The predicted molar refractivity (Wildman–Crippen MR) is 95.6 cm³/mol. The summed E-state index contributed by atoms with van der Waals surface area (Å²) in [6, 6.07) is 3.34. The molecule has 0 atom stereocenters. The van der Waals surface area contributed by atoms with E-state index in [1.165, 1.54) is 4.90 Å². The van der Waals surface area contributed by atoms with Gasteiger partial charge in [0.1, 0.15) is 10.1 Å².